The van der Waals surface area contributed by atoms with Gasteiger partial charge < -0.3 is 5.73 Å². The standard InChI is InChI=1S/C6H7N.C2HN3O/c7-6-4-2-1-3-5-6;6-2-3-1-4-5-2/h1-5H,7H2;1H. The van der Waals surface area contributed by atoms with E-state index >= 15 is 0 Å². The van der Waals surface area contributed by atoms with Crippen LogP contribution in [-0.2, 0) is 0 Å². The Morgan fingerprint density at radius 3 is 2.08 bits per heavy atom. The van der Waals surface area contributed by atoms with Crippen molar-refractivity contribution in [3.63, 3.8) is 0 Å². The van der Waals surface area contributed by atoms with Crippen LogP contribution in [0, 0.1) is 0 Å². The number of anilines is 1. The normalized spacial score (nSPS) is 12.5. The van der Waals surface area contributed by atoms with Crippen molar-refractivity contribution in [1.82, 2.24) is 0 Å². The number of carbonyl (C=O) groups excluding carboxylic acids is 1. The molecule has 0 aliphatic carbocycles. The van der Waals surface area contributed by atoms with E-state index in [-0.39, 0.29) is 0 Å². The van der Waals surface area contributed by atoms with Crippen molar-refractivity contribution >= 4 is 18.1 Å². The second-order valence-corrected chi connectivity index (χ2v) is 2.15. The minimum Gasteiger partial charge on any atom is -0.399 e. The van der Waals surface area contributed by atoms with Gasteiger partial charge >= 0.3 is 6.03 Å². The molecule has 1 aromatic carbocycles. The number of azo groups is 1. The van der Waals surface area contributed by atoms with Crippen LogP contribution in [0.4, 0.5) is 10.5 Å². The maximum atomic E-state index is 9.78. The molecule has 0 spiro atoms. The molecule has 66 valence electrons. The number of benzene rings is 1. The highest BCUT2D eigenvalue weighted by Crippen LogP contribution is 1.95. The number of aliphatic imine (C=N–C) groups is 1. The zero-order valence-electron chi connectivity index (χ0n) is 6.79. The number of rotatable bonds is 0. The molecular weight excluding hydrogens is 168 g/mol. The van der Waals surface area contributed by atoms with E-state index in [4.69, 9.17) is 5.73 Å². The van der Waals surface area contributed by atoms with E-state index in [1.807, 2.05) is 30.3 Å². The van der Waals surface area contributed by atoms with E-state index < -0.39 is 6.03 Å². The SMILES string of the molecule is Nc1ccccc1.O=C1N=CN=N1. The lowest BCUT2D eigenvalue weighted by molar-refractivity contribution is 0.257. The molecule has 2 N–H and O–H groups in total. The minimum absolute atomic E-state index is 0.519. The molecule has 1 aliphatic rings. The fourth-order valence-electron chi connectivity index (χ4n) is 0.629. The van der Waals surface area contributed by atoms with Gasteiger partial charge in [0.1, 0.15) is 6.34 Å². The Kier molecular flexibility index (Phi) is 3.31. The molecule has 0 aromatic heterocycles. The third-order valence-corrected chi connectivity index (χ3v) is 1.16. The molecule has 0 atom stereocenters. The molecule has 0 saturated heterocycles. The first-order chi connectivity index (χ1) is 6.29. The van der Waals surface area contributed by atoms with Crippen LogP contribution in [0.3, 0.4) is 0 Å². The summed E-state index contributed by atoms with van der Waals surface area (Å²) >= 11 is 0. The van der Waals surface area contributed by atoms with Gasteiger partial charge in [-0.15, -0.1) is 5.11 Å². The molecule has 1 aliphatic heterocycles. The van der Waals surface area contributed by atoms with Gasteiger partial charge in [0.05, 0.1) is 0 Å². The maximum Gasteiger partial charge on any atom is 0.387 e. The summed E-state index contributed by atoms with van der Waals surface area (Å²) in [6, 6.07) is 8.97. The van der Waals surface area contributed by atoms with Crippen molar-refractivity contribution in [3.05, 3.63) is 30.3 Å². The monoisotopic (exact) mass is 176 g/mol. The number of nitrogens with zero attached hydrogens (tertiary/aromatic N) is 3. The van der Waals surface area contributed by atoms with Crippen molar-refractivity contribution < 1.29 is 4.79 Å². The first kappa shape index (κ1) is 9.05. The quantitative estimate of drug-likeness (QED) is 0.612. The molecule has 1 heterocycles. The Labute approximate surface area is 75.0 Å². The van der Waals surface area contributed by atoms with Crippen LogP contribution in [0.2, 0.25) is 0 Å². The number of urea groups is 1. The van der Waals surface area contributed by atoms with Gasteiger partial charge in [0, 0.05) is 5.69 Å². The first-order valence-corrected chi connectivity index (χ1v) is 3.57. The lowest BCUT2D eigenvalue weighted by atomic mass is 10.3. The summed E-state index contributed by atoms with van der Waals surface area (Å²) in [6.45, 7) is 0. The third kappa shape index (κ3) is 3.76. The van der Waals surface area contributed by atoms with Gasteiger partial charge in [-0.25, -0.2) is 4.79 Å². The molecular formula is C8H8N4O. The average Bonchev–Trinajstić information content (AvgIpc) is 2.58. The number of nitrogen functional groups attached to an aromatic ring is 1. The molecule has 0 radical (unpaired) electrons. The van der Waals surface area contributed by atoms with Crippen molar-refractivity contribution in [2.24, 2.45) is 15.2 Å². The Hall–Kier alpha value is -2.04. The topological polar surface area (TPSA) is 80.2 Å². The van der Waals surface area contributed by atoms with Crippen LogP contribution in [0.5, 0.6) is 0 Å². The van der Waals surface area contributed by atoms with E-state index in [2.05, 4.69) is 15.2 Å². The molecule has 13 heavy (non-hydrogen) atoms. The highest BCUT2D eigenvalue weighted by molar-refractivity contribution is 5.87. The summed E-state index contributed by atoms with van der Waals surface area (Å²) in [5, 5.41) is 6.15. The molecule has 0 saturated carbocycles. The fourth-order valence-corrected chi connectivity index (χ4v) is 0.629. The Bertz CT molecular complexity index is 317. The third-order valence-electron chi connectivity index (χ3n) is 1.16. The fraction of sp³-hybridized carbons (Fsp3) is 0. The minimum atomic E-state index is -0.519. The summed E-state index contributed by atoms with van der Waals surface area (Å²) < 4.78 is 0. The largest absolute Gasteiger partial charge is 0.399 e. The van der Waals surface area contributed by atoms with Gasteiger partial charge in [-0.1, -0.05) is 23.3 Å². The summed E-state index contributed by atoms with van der Waals surface area (Å²) in [4.78, 5) is 12.9. The van der Waals surface area contributed by atoms with Crippen molar-refractivity contribution in [2.75, 3.05) is 5.73 Å². The van der Waals surface area contributed by atoms with E-state index in [0.717, 1.165) is 12.0 Å². The van der Waals surface area contributed by atoms with Crippen LogP contribution in [0.1, 0.15) is 0 Å². The zero-order chi connectivity index (χ0) is 9.52. The summed E-state index contributed by atoms with van der Waals surface area (Å²) in [5.41, 5.74) is 6.18. The van der Waals surface area contributed by atoms with E-state index in [1.54, 1.807) is 0 Å². The summed E-state index contributed by atoms with van der Waals surface area (Å²) in [5.74, 6) is 0. The number of hydrogen-bond donors (Lipinski definition) is 1. The van der Waals surface area contributed by atoms with Gasteiger partial charge in [0.15, 0.2) is 0 Å². The van der Waals surface area contributed by atoms with Crippen LogP contribution < -0.4 is 5.73 Å². The smallest absolute Gasteiger partial charge is 0.387 e. The van der Waals surface area contributed by atoms with Crippen molar-refractivity contribution in [1.29, 1.82) is 0 Å². The molecule has 0 fully saturated rings. The summed E-state index contributed by atoms with van der Waals surface area (Å²) in [7, 11) is 0. The zero-order valence-corrected chi connectivity index (χ0v) is 6.79. The van der Waals surface area contributed by atoms with Gasteiger partial charge in [0.2, 0.25) is 0 Å². The van der Waals surface area contributed by atoms with Crippen LogP contribution in [0.15, 0.2) is 45.6 Å². The first-order valence-electron chi connectivity index (χ1n) is 3.57. The van der Waals surface area contributed by atoms with Gasteiger partial charge in [-0.3, -0.25) is 0 Å². The van der Waals surface area contributed by atoms with Crippen molar-refractivity contribution in [2.45, 2.75) is 0 Å². The molecule has 5 nitrogen and oxygen atoms in total. The molecule has 0 bridgehead atoms. The van der Waals surface area contributed by atoms with Crippen molar-refractivity contribution in [3.8, 4) is 0 Å². The Morgan fingerprint density at radius 2 is 1.85 bits per heavy atom. The van der Waals surface area contributed by atoms with Crippen LogP contribution >= 0.6 is 0 Å². The number of para-hydroxylation sites is 1. The lowest BCUT2D eigenvalue weighted by Gasteiger charge is -1.83. The molecule has 0 unspecified atom stereocenters. The molecule has 2 rings (SSSR count). The van der Waals surface area contributed by atoms with Gasteiger partial charge in [0.25, 0.3) is 0 Å². The molecule has 2 amide bonds. The Morgan fingerprint density at radius 1 is 1.15 bits per heavy atom. The second-order valence-electron chi connectivity index (χ2n) is 2.15. The van der Waals surface area contributed by atoms with E-state index in [1.165, 1.54) is 0 Å². The number of nitrogens with two attached hydrogens (primary N) is 1. The maximum absolute atomic E-state index is 9.78. The predicted molar refractivity (Wildman–Crippen MR) is 49.6 cm³/mol. The highest BCUT2D eigenvalue weighted by Gasteiger charge is 1.93. The number of hydrogen-bond acceptors (Lipinski definition) is 3. The number of amides is 2. The number of carbonyl (C=O) groups is 1. The average molecular weight is 176 g/mol. The lowest BCUT2D eigenvalue weighted by Crippen LogP contribution is -1.79. The summed E-state index contributed by atoms with van der Waals surface area (Å²) in [6.07, 6.45) is 1.11. The van der Waals surface area contributed by atoms with Gasteiger partial charge in [-0.2, -0.15) is 4.99 Å². The van der Waals surface area contributed by atoms with Crippen LogP contribution in [0.25, 0.3) is 0 Å². The van der Waals surface area contributed by atoms with E-state index in [0.29, 0.717) is 0 Å². The predicted octanol–water partition coefficient (Wildman–Crippen LogP) is 1.87. The molecule has 5 heteroatoms. The molecule has 1 aromatic rings. The second kappa shape index (κ2) is 4.76. The van der Waals surface area contributed by atoms with E-state index in [9.17, 15) is 4.79 Å². The highest BCUT2D eigenvalue weighted by atomic mass is 16.2. The van der Waals surface area contributed by atoms with Crippen LogP contribution in [-0.4, -0.2) is 12.4 Å². The Balaban J connectivity index is 0.000000132. The van der Waals surface area contributed by atoms with Gasteiger partial charge in [-0.05, 0) is 12.1 Å².